The average Bonchev–Trinajstić information content (AvgIpc) is 3.75. The fourth-order valence-corrected chi connectivity index (χ4v) is 8.94. The molecule has 4 bridgehead atoms. The van der Waals surface area contributed by atoms with Crippen molar-refractivity contribution in [3.63, 3.8) is 0 Å². The van der Waals surface area contributed by atoms with Gasteiger partial charge in [0.25, 0.3) is 0 Å². The highest BCUT2D eigenvalue weighted by atomic mass is 19.4. The summed E-state index contributed by atoms with van der Waals surface area (Å²) in [6.45, 7) is 6.70. The summed E-state index contributed by atoms with van der Waals surface area (Å²) in [5.74, 6) is -5.61. The maximum absolute atomic E-state index is 12.9. The van der Waals surface area contributed by atoms with Gasteiger partial charge < -0.3 is 9.47 Å². The van der Waals surface area contributed by atoms with E-state index in [1.807, 2.05) is 13.8 Å². The second kappa shape index (κ2) is 9.99. The molecule has 2 aromatic rings. The molecule has 8 rings (SSSR count). The van der Waals surface area contributed by atoms with Gasteiger partial charge in [0.05, 0.1) is 63.0 Å². The fourth-order valence-electron chi connectivity index (χ4n) is 8.94. The Morgan fingerprint density at radius 2 is 0.980 bits per heavy atom. The highest BCUT2D eigenvalue weighted by Crippen LogP contribution is 2.61. The fraction of sp³-hybridized carbons (Fsp3) is 0.500. The molecule has 0 aliphatic carbocycles. The van der Waals surface area contributed by atoms with Gasteiger partial charge in [0.2, 0.25) is 23.6 Å². The Balaban J connectivity index is 0.000000154. The van der Waals surface area contributed by atoms with E-state index in [4.69, 9.17) is 9.47 Å². The van der Waals surface area contributed by atoms with E-state index in [0.29, 0.717) is 12.8 Å². The molecule has 0 aromatic heterocycles. The first-order valence-electron chi connectivity index (χ1n) is 15.6. The number of anilines is 2. The van der Waals surface area contributed by atoms with Crippen molar-refractivity contribution in [3.8, 4) is 0 Å². The standard InChI is InChI=1S/C17H14F3NO4.C17H16F3NO3/c1-15-7-10(22)16(2,25-15)12-11(15)13(23)21(14(12)24)9-5-3-4-8(6-9)17(18,19)20;1-15-6-7-16(2,24-15)12-11(15)13(22)21(14(12)23)10-5-3-4-9(8-10)17(18,19)20/h3-6,11-12H,7H2,1-2H3;3-5,8,11-12H,6-7H2,1-2H3/t2*11-,12+,15?,16?/m0./s1. The summed E-state index contributed by atoms with van der Waals surface area (Å²) in [6.07, 6.45) is -7.77. The number of fused-ring (bicyclic) bond motifs is 10. The van der Waals surface area contributed by atoms with Gasteiger partial charge >= 0.3 is 12.4 Å². The van der Waals surface area contributed by atoms with E-state index in [2.05, 4.69) is 0 Å². The van der Waals surface area contributed by atoms with E-state index in [1.165, 1.54) is 25.1 Å². The van der Waals surface area contributed by atoms with Crippen LogP contribution in [0.4, 0.5) is 37.7 Å². The zero-order valence-electron chi connectivity index (χ0n) is 26.6. The summed E-state index contributed by atoms with van der Waals surface area (Å²) in [7, 11) is 0. The molecule has 6 saturated heterocycles. The van der Waals surface area contributed by atoms with Gasteiger partial charge in [-0.3, -0.25) is 24.0 Å². The van der Waals surface area contributed by atoms with Crippen LogP contribution in [-0.2, 0) is 45.8 Å². The third kappa shape index (κ3) is 4.56. The molecule has 0 radical (unpaired) electrons. The van der Waals surface area contributed by atoms with E-state index >= 15 is 0 Å². The molecule has 8 atom stereocenters. The van der Waals surface area contributed by atoms with Crippen LogP contribution in [0.1, 0.15) is 58.1 Å². The van der Waals surface area contributed by atoms with Crippen LogP contribution in [0.3, 0.4) is 0 Å². The number of carbonyl (C=O) groups is 5. The van der Waals surface area contributed by atoms with E-state index in [1.54, 1.807) is 6.92 Å². The molecule has 6 fully saturated rings. The predicted octanol–water partition coefficient (Wildman–Crippen LogP) is 5.48. The van der Waals surface area contributed by atoms with E-state index < -0.39 is 93.2 Å². The predicted molar refractivity (Wildman–Crippen MR) is 156 cm³/mol. The molecular formula is C34H30F6N2O7. The van der Waals surface area contributed by atoms with Crippen molar-refractivity contribution in [1.82, 2.24) is 0 Å². The molecule has 6 aliphatic rings. The SMILES string of the molecule is CC12CC(=O)C(C)(O1)[C@H]1C(=O)N(c3cccc(C(F)(F)F)c3)C(=O)[C@H]12.CC12CCC(C)(O1)[C@H]1C(=O)N(c3cccc(C(F)(F)F)c3)C(=O)[C@H]12. The Labute approximate surface area is 275 Å². The summed E-state index contributed by atoms with van der Waals surface area (Å²) in [5.41, 5.74) is -5.93. The van der Waals surface area contributed by atoms with Gasteiger partial charge in [-0.1, -0.05) is 12.1 Å². The van der Waals surface area contributed by atoms with Crippen LogP contribution in [-0.4, -0.2) is 51.8 Å². The van der Waals surface area contributed by atoms with Gasteiger partial charge in [0, 0.05) is 6.42 Å². The lowest BCUT2D eigenvalue weighted by Crippen LogP contribution is -2.46. The summed E-state index contributed by atoms with van der Waals surface area (Å²) in [5, 5.41) is 0. The first kappa shape index (κ1) is 33.4. The number of halogens is 6. The van der Waals surface area contributed by atoms with Crippen molar-refractivity contribution in [1.29, 1.82) is 0 Å². The largest absolute Gasteiger partial charge is 0.416 e. The highest BCUT2D eigenvalue weighted by molar-refractivity contribution is 6.25. The van der Waals surface area contributed by atoms with Gasteiger partial charge in [-0.05, 0) is 76.9 Å². The molecule has 49 heavy (non-hydrogen) atoms. The van der Waals surface area contributed by atoms with E-state index in [9.17, 15) is 50.3 Å². The topological polar surface area (TPSA) is 110 Å². The number of Topliss-reactive ketones (excluding diaryl/α,β-unsaturated/α-hetero) is 1. The van der Waals surface area contributed by atoms with E-state index in [-0.39, 0.29) is 23.6 Å². The van der Waals surface area contributed by atoms with Crippen LogP contribution in [0, 0.1) is 23.7 Å². The average molecular weight is 693 g/mol. The van der Waals surface area contributed by atoms with Gasteiger partial charge in [-0.15, -0.1) is 0 Å². The van der Waals surface area contributed by atoms with Gasteiger partial charge in [0.1, 0.15) is 5.60 Å². The Hall–Kier alpha value is -4.11. The van der Waals surface area contributed by atoms with Crippen molar-refractivity contribution >= 4 is 40.8 Å². The number of imide groups is 2. The Morgan fingerprint density at radius 1 is 0.592 bits per heavy atom. The number of carbonyl (C=O) groups excluding carboxylic acids is 5. The zero-order valence-corrected chi connectivity index (χ0v) is 26.6. The second-order valence-corrected chi connectivity index (χ2v) is 14.4. The van der Waals surface area contributed by atoms with Crippen LogP contribution >= 0.6 is 0 Å². The monoisotopic (exact) mass is 692 g/mol. The third-order valence-corrected chi connectivity index (χ3v) is 11.1. The summed E-state index contributed by atoms with van der Waals surface area (Å²) in [6, 6.07) is 8.41. The van der Waals surface area contributed by atoms with Gasteiger partial charge in [0.15, 0.2) is 5.78 Å². The highest BCUT2D eigenvalue weighted by Gasteiger charge is 2.76. The number of ketones is 1. The quantitative estimate of drug-likeness (QED) is 0.303. The molecule has 0 N–H and O–H groups in total. The Kier molecular flexibility index (Phi) is 6.81. The molecular weight excluding hydrogens is 662 g/mol. The minimum Gasteiger partial charge on any atom is -0.367 e. The molecule has 4 unspecified atom stereocenters. The van der Waals surface area contributed by atoms with Crippen molar-refractivity contribution < 1.29 is 59.8 Å². The normalized spacial score (nSPS) is 37.6. The number of benzene rings is 2. The molecule has 2 aromatic carbocycles. The number of alkyl halides is 6. The summed E-state index contributed by atoms with van der Waals surface area (Å²) < 4.78 is 89.3. The van der Waals surface area contributed by atoms with Crippen LogP contribution in [0.25, 0.3) is 0 Å². The summed E-state index contributed by atoms with van der Waals surface area (Å²) >= 11 is 0. The van der Waals surface area contributed by atoms with Crippen molar-refractivity contribution in [2.24, 2.45) is 23.7 Å². The van der Waals surface area contributed by atoms with E-state index in [0.717, 1.165) is 40.1 Å². The number of nitrogens with zero attached hydrogens (tertiary/aromatic N) is 2. The Morgan fingerprint density at radius 3 is 1.39 bits per heavy atom. The number of hydrogen-bond acceptors (Lipinski definition) is 7. The lowest BCUT2D eigenvalue weighted by Gasteiger charge is -2.27. The molecule has 0 saturated carbocycles. The van der Waals surface area contributed by atoms with Gasteiger partial charge in [-0.25, -0.2) is 9.80 Å². The molecule has 9 nitrogen and oxygen atoms in total. The smallest absolute Gasteiger partial charge is 0.367 e. The van der Waals surface area contributed by atoms with Crippen molar-refractivity contribution in [3.05, 3.63) is 59.7 Å². The zero-order chi connectivity index (χ0) is 35.9. The molecule has 6 heterocycles. The van der Waals surface area contributed by atoms with Crippen molar-refractivity contribution in [2.75, 3.05) is 9.80 Å². The maximum atomic E-state index is 12.9. The van der Waals surface area contributed by atoms with Crippen LogP contribution in [0.5, 0.6) is 0 Å². The molecule has 15 heteroatoms. The minimum absolute atomic E-state index is 0.0140. The molecule has 0 spiro atoms. The summed E-state index contributed by atoms with van der Waals surface area (Å²) in [4.78, 5) is 65.3. The van der Waals surface area contributed by atoms with Crippen LogP contribution in [0.15, 0.2) is 48.5 Å². The van der Waals surface area contributed by atoms with Gasteiger partial charge in [-0.2, -0.15) is 26.3 Å². The number of rotatable bonds is 2. The molecule has 4 amide bonds. The molecule has 260 valence electrons. The third-order valence-electron chi connectivity index (χ3n) is 11.1. The molecule has 6 aliphatic heterocycles. The first-order valence-corrected chi connectivity index (χ1v) is 15.6. The number of hydrogen-bond donors (Lipinski definition) is 0. The minimum atomic E-state index is -4.59. The Bertz CT molecular complexity index is 1830. The van der Waals surface area contributed by atoms with Crippen LogP contribution in [0.2, 0.25) is 0 Å². The first-order chi connectivity index (χ1) is 22.6. The lowest BCUT2D eigenvalue weighted by molar-refractivity contribution is -0.140. The maximum Gasteiger partial charge on any atom is 0.416 e. The second-order valence-electron chi connectivity index (χ2n) is 14.4. The van der Waals surface area contributed by atoms with Crippen LogP contribution < -0.4 is 9.80 Å². The van der Waals surface area contributed by atoms with Crippen molar-refractivity contribution in [2.45, 2.75) is 81.7 Å². The number of amides is 4. The number of ether oxygens (including phenoxy) is 2. The lowest BCUT2D eigenvalue weighted by atomic mass is 9.68.